The number of thiophene rings is 1. The highest BCUT2D eigenvalue weighted by atomic mass is 32.1. The maximum Gasteiger partial charge on any atom is 0.135 e. The summed E-state index contributed by atoms with van der Waals surface area (Å²) < 4.78 is 8.95. The zero-order chi connectivity index (χ0) is 38.2. The predicted octanol–water partition coefficient (Wildman–Crippen LogP) is 14.3. The number of rotatable bonds is 6. The first kappa shape index (κ1) is 33.4. The number of hydrogen-bond acceptors (Lipinski definition) is 4. The molecule has 58 heavy (non-hydrogen) atoms. The molecule has 3 heterocycles. The monoisotopic (exact) mass is 762 g/mol. The molecule has 1 saturated carbocycles. The molecule has 3 nitrogen and oxygen atoms in total. The van der Waals surface area contributed by atoms with Gasteiger partial charge in [0.25, 0.3) is 0 Å². The Morgan fingerprint density at radius 3 is 2.24 bits per heavy atom. The minimum absolute atomic E-state index is 0.0458. The van der Waals surface area contributed by atoms with Crippen molar-refractivity contribution in [2.75, 3.05) is 0 Å². The number of para-hydroxylation sites is 1. The topological polar surface area (TPSA) is 37.5 Å². The van der Waals surface area contributed by atoms with Crippen LogP contribution in [-0.4, -0.2) is 5.84 Å². The summed E-state index contributed by atoms with van der Waals surface area (Å²) in [7, 11) is 0. The maximum absolute atomic E-state index is 6.40. The molecule has 276 valence electrons. The second-order valence-electron chi connectivity index (χ2n) is 15.9. The minimum Gasteiger partial charge on any atom is -0.456 e. The summed E-state index contributed by atoms with van der Waals surface area (Å²) in [6, 6.07) is 59.4. The molecule has 0 saturated heterocycles. The van der Waals surface area contributed by atoms with Gasteiger partial charge in [0.1, 0.15) is 17.0 Å². The molecule has 1 aliphatic heterocycles. The Balaban J connectivity index is 0.942. The minimum atomic E-state index is -0.0458. The van der Waals surface area contributed by atoms with Crippen molar-refractivity contribution in [1.82, 2.24) is 5.32 Å². The highest BCUT2D eigenvalue weighted by molar-refractivity contribution is 7.26. The van der Waals surface area contributed by atoms with Crippen LogP contribution < -0.4 is 5.32 Å². The Labute approximate surface area is 341 Å². The largest absolute Gasteiger partial charge is 0.456 e. The van der Waals surface area contributed by atoms with Crippen molar-refractivity contribution in [1.29, 1.82) is 0 Å². The van der Waals surface area contributed by atoms with Crippen LogP contribution >= 0.6 is 11.3 Å². The molecule has 9 aromatic rings. The fourth-order valence-electron chi connectivity index (χ4n) is 9.37. The summed E-state index contributed by atoms with van der Waals surface area (Å²) in [4.78, 5) is 5.69. The summed E-state index contributed by atoms with van der Waals surface area (Å²) in [5.74, 6) is 1.54. The number of amidine groups is 1. The molecule has 2 aliphatic carbocycles. The second kappa shape index (κ2) is 13.4. The maximum atomic E-state index is 6.40. The molecule has 3 atom stereocenters. The van der Waals surface area contributed by atoms with Crippen LogP contribution in [0.25, 0.3) is 64.5 Å². The van der Waals surface area contributed by atoms with Gasteiger partial charge in [-0.25, -0.2) is 0 Å². The summed E-state index contributed by atoms with van der Waals surface area (Å²) in [6.07, 6.45) is 8.82. The average molecular weight is 763 g/mol. The van der Waals surface area contributed by atoms with Crippen molar-refractivity contribution in [3.8, 4) is 11.1 Å². The van der Waals surface area contributed by atoms with E-state index in [9.17, 15) is 0 Å². The highest BCUT2D eigenvalue weighted by Crippen LogP contribution is 2.54. The number of benzene rings is 7. The molecule has 1 fully saturated rings. The molecule has 0 amide bonds. The summed E-state index contributed by atoms with van der Waals surface area (Å²) in [6.45, 7) is 0. The van der Waals surface area contributed by atoms with Crippen molar-refractivity contribution in [2.24, 2.45) is 10.9 Å². The lowest BCUT2D eigenvalue weighted by atomic mass is 9.84. The zero-order valence-electron chi connectivity index (χ0n) is 31.7. The van der Waals surface area contributed by atoms with Gasteiger partial charge in [-0.3, -0.25) is 4.99 Å². The number of allylic oxidation sites excluding steroid dienone is 4. The summed E-state index contributed by atoms with van der Waals surface area (Å²) in [5.41, 5.74) is 14.4. The molecule has 1 N–H and O–H groups in total. The van der Waals surface area contributed by atoms with Crippen LogP contribution in [0.15, 0.2) is 197 Å². The van der Waals surface area contributed by atoms with Gasteiger partial charge < -0.3 is 9.73 Å². The third-order valence-corrected chi connectivity index (χ3v) is 13.6. The lowest BCUT2D eigenvalue weighted by molar-refractivity contribution is 0.646. The van der Waals surface area contributed by atoms with Gasteiger partial charge in [-0.1, -0.05) is 152 Å². The molecule has 12 rings (SSSR count). The van der Waals surface area contributed by atoms with Crippen LogP contribution in [0.2, 0.25) is 0 Å². The van der Waals surface area contributed by atoms with Crippen molar-refractivity contribution < 1.29 is 4.42 Å². The molecular weight excluding hydrogens is 725 g/mol. The Kier molecular flexibility index (Phi) is 7.74. The van der Waals surface area contributed by atoms with Gasteiger partial charge >= 0.3 is 0 Å². The quantitative estimate of drug-likeness (QED) is 0.183. The first-order valence-corrected chi connectivity index (χ1v) is 21.1. The Morgan fingerprint density at radius 2 is 1.31 bits per heavy atom. The Bertz CT molecular complexity index is 3230. The number of nitrogens with one attached hydrogen (secondary N) is 1. The van der Waals surface area contributed by atoms with E-state index in [4.69, 9.17) is 9.41 Å². The third kappa shape index (κ3) is 5.67. The molecule has 0 bridgehead atoms. The first-order valence-electron chi connectivity index (χ1n) is 20.3. The van der Waals surface area contributed by atoms with E-state index in [2.05, 4.69) is 181 Å². The van der Waals surface area contributed by atoms with Crippen LogP contribution in [0.4, 0.5) is 0 Å². The standard InChI is InChI=1S/C54H38N2OS/c1-2-12-33(13-3-1)34-14-8-15-35(28-34)36-16-9-17-37(29-36)38-18-10-19-39(30-38)51-46-32-47(46)52(40-26-27-42-41-20-4-6-24-48(41)57-49(42)31-40)56-54(55-51)45-23-11-22-44-43-21-5-7-25-50(43)58-53(44)45/h1-27,29-31,35,47,52H,28,32H2,(H,55,56). The van der Waals surface area contributed by atoms with Gasteiger partial charge in [-0.05, 0) is 87.7 Å². The van der Waals surface area contributed by atoms with Gasteiger partial charge in [-0.15, -0.1) is 11.3 Å². The molecule has 3 unspecified atom stereocenters. The zero-order valence-corrected chi connectivity index (χ0v) is 32.5. The Hall–Kier alpha value is -6.75. The van der Waals surface area contributed by atoms with Crippen molar-refractivity contribution >= 4 is 70.6 Å². The Morgan fingerprint density at radius 1 is 0.569 bits per heavy atom. The number of furan rings is 1. The normalized spacial score (nSPS) is 18.9. The first-order chi connectivity index (χ1) is 28.7. The molecule has 3 aliphatic rings. The van der Waals surface area contributed by atoms with Crippen LogP contribution in [0.3, 0.4) is 0 Å². The summed E-state index contributed by atoms with van der Waals surface area (Å²) >= 11 is 1.85. The van der Waals surface area contributed by atoms with E-state index in [0.29, 0.717) is 11.8 Å². The number of hydrogen-bond donors (Lipinski definition) is 1. The van der Waals surface area contributed by atoms with E-state index in [1.807, 2.05) is 17.4 Å². The smallest absolute Gasteiger partial charge is 0.135 e. The predicted molar refractivity (Wildman–Crippen MR) is 243 cm³/mol. The van der Waals surface area contributed by atoms with E-state index < -0.39 is 0 Å². The number of fused-ring (bicyclic) bond motifs is 7. The molecule has 4 heteroatoms. The van der Waals surface area contributed by atoms with E-state index in [1.54, 1.807) is 0 Å². The molecular formula is C54H38N2OS. The van der Waals surface area contributed by atoms with Crippen LogP contribution in [0.5, 0.6) is 0 Å². The molecule has 7 aromatic carbocycles. The number of nitrogens with zero attached hydrogens (tertiary/aromatic N) is 1. The van der Waals surface area contributed by atoms with E-state index in [1.165, 1.54) is 70.4 Å². The van der Waals surface area contributed by atoms with Crippen LogP contribution in [0, 0.1) is 5.92 Å². The lowest BCUT2D eigenvalue weighted by Crippen LogP contribution is -2.23. The van der Waals surface area contributed by atoms with Gasteiger partial charge in [0.15, 0.2) is 0 Å². The average Bonchev–Trinajstić information content (AvgIpc) is 3.88. The van der Waals surface area contributed by atoms with Gasteiger partial charge in [0, 0.05) is 54.0 Å². The fourth-order valence-corrected chi connectivity index (χ4v) is 10.6. The van der Waals surface area contributed by atoms with E-state index >= 15 is 0 Å². The van der Waals surface area contributed by atoms with Crippen molar-refractivity contribution in [3.05, 3.63) is 215 Å². The number of aliphatic imine (C=N–C) groups is 1. The molecule has 0 radical (unpaired) electrons. The lowest BCUT2D eigenvalue weighted by Gasteiger charge is -2.20. The van der Waals surface area contributed by atoms with Gasteiger partial charge in [0.2, 0.25) is 0 Å². The van der Waals surface area contributed by atoms with Crippen LogP contribution in [0.1, 0.15) is 52.6 Å². The SMILES string of the molecule is C1=CC(c2cccc(-c3cccc(C4=C5CC5C(c5ccc6c(c5)oc5ccccc56)N=C(c5cccc6c5sc5ccccc56)N4)c3)c2)CC(c2ccccc2)=C1. The van der Waals surface area contributed by atoms with Crippen molar-refractivity contribution in [3.63, 3.8) is 0 Å². The second-order valence-corrected chi connectivity index (χ2v) is 16.9. The van der Waals surface area contributed by atoms with E-state index in [-0.39, 0.29) is 6.04 Å². The van der Waals surface area contributed by atoms with Gasteiger partial charge in [0.05, 0.1) is 6.04 Å². The third-order valence-electron chi connectivity index (χ3n) is 12.4. The van der Waals surface area contributed by atoms with E-state index in [0.717, 1.165) is 46.2 Å². The molecule has 2 aromatic heterocycles. The van der Waals surface area contributed by atoms with Crippen LogP contribution in [-0.2, 0) is 0 Å². The van der Waals surface area contributed by atoms with Crippen molar-refractivity contribution in [2.45, 2.75) is 24.8 Å². The van der Waals surface area contributed by atoms with Gasteiger partial charge in [-0.2, -0.15) is 0 Å². The fraction of sp³-hybridized carbons (Fsp3) is 0.0926. The highest BCUT2D eigenvalue weighted by Gasteiger charge is 2.43. The molecule has 0 spiro atoms. The summed E-state index contributed by atoms with van der Waals surface area (Å²) in [5, 5.41) is 8.85.